The first-order valence-corrected chi connectivity index (χ1v) is 7.42. The fourth-order valence-corrected chi connectivity index (χ4v) is 1.92. The fourth-order valence-electron chi connectivity index (χ4n) is 1.92. The van der Waals surface area contributed by atoms with Crippen molar-refractivity contribution >= 4 is 12.0 Å². The SMILES string of the molecule is CCOc1ccc(CN(C(=O)NCCC(=O)O)C(C)C)cc1. The highest BCUT2D eigenvalue weighted by atomic mass is 16.5. The van der Waals surface area contributed by atoms with Crippen molar-refractivity contribution in [3.63, 3.8) is 0 Å². The van der Waals surface area contributed by atoms with Gasteiger partial charge in [0.05, 0.1) is 13.0 Å². The van der Waals surface area contributed by atoms with E-state index in [-0.39, 0.29) is 25.0 Å². The molecule has 6 heteroatoms. The van der Waals surface area contributed by atoms with Gasteiger partial charge < -0.3 is 20.1 Å². The molecule has 0 aliphatic rings. The molecule has 0 aliphatic heterocycles. The zero-order chi connectivity index (χ0) is 16.5. The Morgan fingerprint density at radius 3 is 2.41 bits per heavy atom. The van der Waals surface area contributed by atoms with Gasteiger partial charge in [0.25, 0.3) is 0 Å². The standard InChI is InChI=1S/C16H24N2O4/c1-4-22-14-7-5-13(6-8-14)11-18(12(2)3)16(21)17-10-9-15(19)20/h5-8,12H,4,9-11H2,1-3H3,(H,17,21)(H,19,20). The normalized spacial score (nSPS) is 10.4. The summed E-state index contributed by atoms with van der Waals surface area (Å²) in [5, 5.41) is 11.2. The second-order valence-corrected chi connectivity index (χ2v) is 5.17. The summed E-state index contributed by atoms with van der Waals surface area (Å²) in [6.07, 6.45) is -0.0826. The van der Waals surface area contributed by atoms with Gasteiger partial charge in [0, 0.05) is 19.1 Å². The minimum Gasteiger partial charge on any atom is -0.494 e. The lowest BCUT2D eigenvalue weighted by molar-refractivity contribution is -0.136. The Morgan fingerprint density at radius 1 is 1.27 bits per heavy atom. The second kappa shape index (κ2) is 8.92. The van der Waals surface area contributed by atoms with Crippen LogP contribution in [0.5, 0.6) is 5.75 Å². The summed E-state index contributed by atoms with van der Waals surface area (Å²) in [5.74, 6) is -0.129. The Hall–Kier alpha value is -2.24. The number of urea groups is 1. The third-order valence-corrected chi connectivity index (χ3v) is 3.09. The Kier molecular flexibility index (Phi) is 7.22. The van der Waals surface area contributed by atoms with Crippen LogP contribution >= 0.6 is 0 Å². The Balaban J connectivity index is 2.63. The maximum Gasteiger partial charge on any atom is 0.317 e. The van der Waals surface area contributed by atoms with Gasteiger partial charge in [0.15, 0.2) is 0 Å². The van der Waals surface area contributed by atoms with Crippen LogP contribution in [0.25, 0.3) is 0 Å². The van der Waals surface area contributed by atoms with Crippen molar-refractivity contribution in [2.75, 3.05) is 13.2 Å². The number of benzene rings is 1. The molecule has 0 saturated heterocycles. The fraction of sp³-hybridized carbons (Fsp3) is 0.500. The maximum atomic E-state index is 12.1. The zero-order valence-corrected chi connectivity index (χ0v) is 13.3. The van der Waals surface area contributed by atoms with Gasteiger partial charge in [0.2, 0.25) is 0 Å². The highest BCUT2D eigenvalue weighted by molar-refractivity contribution is 5.75. The number of nitrogens with one attached hydrogen (secondary N) is 1. The van der Waals surface area contributed by atoms with Crippen molar-refractivity contribution in [2.24, 2.45) is 0 Å². The lowest BCUT2D eigenvalue weighted by atomic mass is 10.2. The first-order chi connectivity index (χ1) is 10.4. The molecule has 0 saturated carbocycles. The van der Waals surface area contributed by atoms with Gasteiger partial charge in [-0.2, -0.15) is 0 Å². The summed E-state index contributed by atoms with van der Waals surface area (Å²) in [6, 6.07) is 7.34. The number of hydrogen-bond acceptors (Lipinski definition) is 3. The molecule has 0 aliphatic carbocycles. The molecule has 22 heavy (non-hydrogen) atoms. The van der Waals surface area contributed by atoms with E-state index in [4.69, 9.17) is 9.84 Å². The van der Waals surface area contributed by atoms with Gasteiger partial charge in [-0.15, -0.1) is 0 Å². The topological polar surface area (TPSA) is 78.9 Å². The lowest BCUT2D eigenvalue weighted by Crippen LogP contribution is -2.44. The second-order valence-electron chi connectivity index (χ2n) is 5.17. The number of carboxylic acid groups (broad SMARTS) is 1. The van der Waals surface area contributed by atoms with E-state index in [1.165, 1.54) is 0 Å². The first-order valence-electron chi connectivity index (χ1n) is 7.42. The summed E-state index contributed by atoms with van der Waals surface area (Å²) in [5.41, 5.74) is 0.991. The number of rotatable bonds is 8. The van der Waals surface area contributed by atoms with Crippen molar-refractivity contribution in [3.8, 4) is 5.75 Å². The van der Waals surface area contributed by atoms with E-state index in [1.807, 2.05) is 45.0 Å². The van der Waals surface area contributed by atoms with Gasteiger partial charge in [-0.3, -0.25) is 4.79 Å². The van der Waals surface area contributed by atoms with Crippen molar-refractivity contribution in [3.05, 3.63) is 29.8 Å². The van der Waals surface area contributed by atoms with Crippen LogP contribution in [0.1, 0.15) is 32.8 Å². The van der Waals surface area contributed by atoms with Gasteiger partial charge >= 0.3 is 12.0 Å². The van der Waals surface area contributed by atoms with Crippen molar-refractivity contribution in [2.45, 2.75) is 39.8 Å². The molecule has 6 nitrogen and oxygen atoms in total. The van der Waals surface area contributed by atoms with E-state index < -0.39 is 5.97 Å². The summed E-state index contributed by atoms with van der Waals surface area (Å²) >= 11 is 0. The van der Waals surface area contributed by atoms with Gasteiger partial charge in [-0.25, -0.2) is 4.79 Å². The molecule has 122 valence electrons. The van der Waals surface area contributed by atoms with Crippen molar-refractivity contribution < 1.29 is 19.4 Å². The molecule has 2 N–H and O–H groups in total. The van der Waals surface area contributed by atoms with E-state index >= 15 is 0 Å². The molecule has 0 spiro atoms. The number of ether oxygens (including phenoxy) is 1. The van der Waals surface area contributed by atoms with Crippen LogP contribution in [0.4, 0.5) is 4.79 Å². The third kappa shape index (κ3) is 6.03. The molecule has 0 fully saturated rings. The van der Waals surface area contributed by atoms with Crippen LogP contribution in [0.2, 0.25) is 0 Å². The average Bonchev–Trinajstić information content (AvgIpc) is 2.45. The number of aliphatic carboxylic acids is 1. The zero-order valence-electron chi connectivity index (χ0n) is 13.3. The molecule has 2 amide bonds. The molecule has 0 radical (unpaired) electrons. The maximum absolute atomic E-state index is 12.1. The lowest BCUT2D eigenvalue weighted by Gasteiger charge is -2.27. The number of carbonyl (C=O) groups excluding carboxylic acids is 1. The number of amides is 2. The summed E-state index contributed by atoms with van der Waals surface area (Å²) < 4.78 is 5.39. The largest absolute Gasteiger partial charge is 0.494 e. The molecule has 0 aromatic heterocycles. The molecule has 1 aromatic carbocycles. The molecule has 1 aromatic rings. The summed E-state index contributed by atoms with van der Waals surface area (Å²) in [6.45, 7) is 6.97. The van der Waals surface area contributed by atoms with Crippen LogP contribution in [-0.4, -0.2) is 41.2 Å². The van der Waals surface area contributed by atoms with E-state index in [1.54, 1.807) is 4.90 Å². The Bertz CT molecular complexity index is 485. The Labute approximate surface area is 131 Å². The summed E-state index contributed by atoms with van der Waals surface area (Å²) in [4.78, 5) is 24.3. The number of carboxylic acids is 1. The van der Waals surface area contributed by atoms with Crippen LogP contribution < -0.4 is 10.1 Å². The van der Waals surface area contributed by atoms with Gasteiger partial charge in [-0.05, 0) is 38.5 Å². The van der Waals surface area contributed by atoms with Crippen LogP contribution in [0.15, 0.2) is 24.3 Å². The molecular weight excluding hydrogens is 284 g/mol. The predicted octanol–water partition coefficient (Wildman–Crippen LogP) is 2.48. The van der Waals surface area contributed by atoms with Crippen molar-refractivity contribution in [1.82, 2.24) is 10.2 Å². The van der Waals surface area contributed by atoms with Crippen molar-refractivity contribution in [1.29, 1.82) is 0 Å². The van der Waals surface area contributed by atoms with E-state index in [2.05, 4.69) is 5.32 Å². The molecule has 0 heterocycles. The molecule has 0 bridgehead atoms. The molecule has 0 unspecified atom stereocenters. The molecule has 0 atom stereocenters. The average molecular weight is 308 g/mol. The predicted molar refractivity (Wildman–Crippen MR) is 83.9 cm³/mol. The molecular formula is C16H24N2O4. The third-order valence-electron chi connectivity index (χ3n) is 3.09. The first kappa shape index (κ1) is 17.8. The number of nitrogens with zero attached hydrogens (tertiary/aromatic N) is 1. The minimum absolute atomic E-state index is 0.0106. The monoisotopic (exact) mass is 308 g/mol. The highest BCUT2D eigenvalue weighted by Crippen LogP contribution is 2.15. The van der Waals surface area contributed by atoms with Gasteiger partial charge in [-0.1, -0.05) is 12.1 Å². The van der Waals surface area contributed by atoms with Crippen LogP contribution in [0.3, 0.4) is 0 Å². The molecule has 1 rings (SSSR count). The van der Waals surface area contributed by atoms with Crippen LogP contribution in [-0.2, 0) is 11.3 Å². The van der Waals surface area contributed by atoms with E-state index in [9.17, 15) is 9.59 Å². The number of carbonyl (C=O) groups is 2. The summed E-state index contributed by atoms with van der Waals surface area (Å²) in [7, 11) is 0. The Morgan fingerprint density at radius 2 is 1.91 bits per heavy atom. The number of hydrogen-bond donors (Lipinski definition) is 2. The van der Waals surface area contributed by atoms with E-state index in [0.717, 1.165) is 11.3 Å². The van der Waals surface area contributed by atoms with E-state index in [0.29, 0.717) is 13.2 Å². The quantitative estimate of drug-likeness (QED) is 0.773. The smallest absolute Gasteiger partial charge is 0.317 e. The highest BCUT2D eigenvalue weighted by Gasteiger charge is 2.17. The van der Waals surface area contributed by atoms with Crippen LogP contribution in [0, 0.1) is 0 Å². The minimum atomic E-state index is -0.928. The van der Waals surface area contributed by atoms with Gasteiger partial charge in [0.1, 0.15) is 5.75 Å².